The molecule has 0 aliphatic heterocycles. The van der Waals surface area contributed by atoms with E-state index in [0.717, 1.165) is 11.1 Å². The first-order valence-electron chi connectivity index (χ1n) is 9.23. The summed E-state index contributed by atoms with van der Waals surface area (Å²) in [6.45, 7) is 3.51. The number of benzene rings is 2. The number of aromatic nitrogens is 1. The van der Waals surface area contributed by atoms with E-state index in [1.165, 1.54) is 13.1 Å². The van der Waals surface area contributed by atoms with Crippen LogP contribution in [0.5, 0.6) is 11.6 Å². The molecule has 0 radical (unpaired) electrons. The number of hydrogen-bond donors (Lipinski definition) is 2. The van der Waals surface area contributed by atoms with Gasteiger partial charge in [-0.25, -0.2) is 4.98 Å². The van der Waals surface area contributed by atoms with Crippen molar-refractivity contribution in [1.29, 1.82) is 0 Å². The number of Topliss-reactive ketones (excluding diaryl/α,β-unsaturated/α-hetero) is 1. The molecule has 0 aliphatic carbocycles. The smallest absolute Gasteiger partial charge is 0.257 e. The maximum Gasteiger partial charge on any atom is 0.257 e. The number of ketones is 1. The van der Waals surface area contributed by atoms with E-state index >= 15 is 0 Å². The Morgan fingerprint density at radius 2 is 1.86 bits per heavy atom. The molecule has 1 aromatic heterocycles. The lowest BCUT2D eigenvalue weighted by molar-refractivity contribution is 0.0946. The van der Waals surface area contributed by atoms with E-state index in [4.69, 9.17) is 4.74 Å². The van der Waals surface area contributed by atoms with Gasteiger partial charge in [-0.3, -0.25) is 9.59 Å². The lowest BCUT2D eigenvalue weighted by atomic mass is 10.1. The van der Waals surface area contributed by atoms with Crippen molar-refractivity contribution in [3.8, 4) is 11.6 Å². The van der Waals surface area contributed by atoms with Crippen molar-refractivity contribution in [2.24, 2.45) is 0 Å². The number of carbonyl (C=O) groups is 2. The van der Waals surface area contributed by atoms with Crippen LogP contribution < -0.4 is 10.1 Å². The van der Waals surface area contributed by atoms with Crippen molar-refractivity contribution in [3.05, 3.63) is 89.1 Å². The molecule has 0 saturated heterocycles. The van der Waals surface area contributed by atoms with Gasteiger partial charge in [-0.2, -0.15) is 0 Å². The van der Waals surface area contributed by atoms with Gasteiger partial charge < -0.3 is 15.2 Å². The van der Waals surface area contributed by atoms with Crippen molar-refractivity contribution in [2.75, 3.05) is 0 Å². The molecule has 2 aromatic carbocycles. The van der Waals surface area contributed by atoms with Crippen LogP contribution in [0.3, 0.4) is 0 Å². The van der Waals surface area contributed by atoms with Gasteiger partial charge in [0, 0.05) is 18.3 Å². The number of rotatable bonds is 7. The Morgan fingerprint density at radius 3 is 2.55 bits per heavy atom. The first-order chi connectivity index (χ1) is 13.9. The monoisotopic (exact) mass is 390 g/mol. The highest BCUT2D eigenvalue weighted by Crippen LogP contribution is 2.24. The summed E-state index contributed by atoms with van der Waals surface area (Å²) in [5.41, 5.74) is 2.53. The summed E-state index contributed by atoms with van der Waals surface area (Å²) in [5, 5.41) is 12.4. The van der Waals surface area contributed by atoms with Crippen LogP contribution in [0, 0.1) is 0 Å². The van der Waals surface area contributed by atoms with Crippen molar-refractivity contribution < 1.29 is 19.4 Å². The number of amides is 1. The molecular weight excluding hydrogens is 368 g/mol. The fourth-order valence-electron chi connectivity index (χ4n) is 2.73. The Kier molecular flexibility index (Phi) is 6.36. The molecule has 0 fully saturated rings. The Morgan fingerprint density at radius 1 is 1.10 bits per heavy atom. The zero-order valence-electron chi connectivity index (χ0n) is 16.3. The molecule has 6 nitrogen and oxygen atoms in total. The minimum absolute atomic E-state index is 0.0731. The second-order valence-electron chi connectivity index (χ2n) is 6.64. The van der Waals surface area contributed by atoms with E-state index in [9.17, 15) is 14.7 Å². The van der Waals surface area contributed by atoms with Gasteiger partial charge in [-0.15, -0.1) is 0 Å². The summed E-state index contributed by atoms with van der Waals surface area (Å²) in [7, 11) is 0. The second kappa shape index (κ2) is 9.12. The summed E-state index contributed by atoms with van der Waals surface area (Å²) in [4.78, 5) is 28.4. The zero-order chi connectivity index (χ0) is 20.8. The minimum atomic E-state index is -0.532. The normalized spacial score (nSPS) is 11.6. The standard InChI is InChI=1S/C23H22N2O4/c1-15(26)18-10-8-17(9-11-18)14-25-22(28)21-7-4-12-24-23(21)29-20-6-3-5-19(13-20)16(2)27/h3-13,15,26H,14H2,1-2H3,(H,25,28)/t15-/m1/s1. The van der Waals surface area contributed by atoms with Gasteiger partial charge in [-0.1, -0.05) is 36.4 Å². The average Bonchev–Trinajstić information content (AvgIpc) is 2.73. The third-order valence-electron chi connectivity index (χ3n) is 4.39. The van der Waals surface area contributed by atoms with Crippen LogP contribution in [-0.2, 0) is 6.54 Å². The molecule has 0 spiro atoms. The molecule has 0 bridgehead atoms. The molecule has 1 atom stereocenters. The molecule has 0 unspecified atom stereocenters. The topological polar surface area (TPSA) is 88.5 Å². The van der Waals surface area contributed by atoms with E-state index in [-0.39, 0.29) is 17.6 Å². The fraction of sp³-hybridized carbons (Fsp3) is 0.174. The number of aliphatic hydroxyl groups excluding tert-OH is 1. The summed E-state index contributed by atoms with van der Waals surface area (Å²) in [6.07, 6.45) is 1.01. The lowest BCUT2D eigenvalue weighted by Gasteiger charge is -2.11. The van der Waals surface area contributed by atoms with Crippen LogP contribution in [0.4, 0.5) is 0 Å². The summed E-state index contributed by atoms with van der Waals surface area (Å²) < 4.78 is 5.76. The Balaban J connectivity index is 1.71. The van der Waals surface area contributed by atoms with E-state index in [2.05, 4.69) is 10.3 Å². The van der Waals surface area contributed by atoms with Crippen LogP contribution in [0.25, 0.3) is 0 Å². The van der Waals surface area contributed by atoms with Crippen LogP contribution in [0.1, 0.15) is 51.8 Å². The predicted octanol–water partition coefficient (Wildman–Crippen LogP) is 4.06. The quantitative estimate of drug-likeness (QED) is 0.594. The molecule has 148 valence electrons. The van der Waals surface area contributed by atoms with E-state index in [0.29, 0.717) is 23.4 Å². The van der Waals surface area contributed by atoms with Gasteiger partial charge in [0.1, 0.15) is 11.3 Å². The average molecular weight is 390 g/mol. The highest BCUT2D eigenvalue weighted by Gasteiger charge is 2.15. The molecule has 3 rings (SSSR count). The third kappa shape index (κ3) is 5.27. The number of carbonyl (C=O) groups excluding carboxylic acids is 2. The lowest BCUT2D eigenvalue weighted by Crippen LogP contribution is -2.23. The minimum Gasteiger partial charge on any atom is -0.438 e. The van der Waals surface area contributed by atoms with E-state index in [1.807, 2.05) is 24.3 Å². The van der Waals surface area contributed by atoms with Gasteiger partial charge in [0.15, 0.2) is 5.78 Å². The summed E-state index contributed by atoms with van der Waals surface area (Å²) in [6, 6.07) is 17.4. The van der Waals surface area contributed by atoms with Crippen molar-refractivity contribution in [2.45, 2.75) is 26.5 Å². The number of hydrogen-bond acceptors (Lipinski definition) is 5. The fourth-order valence-corrected chi connectivity index (χ4v) is 2.73. The second-order valence-corrected chi connectivity index (χ2v) is 6.64. The molecule has 29 heavy (non-hydrogen) atoms. The molecule has 3 aromatic rings. The number of nitrogens with zero attached hydrogens (tertiary/aromatic N) is 1. The van der Waals surface area contributed by atoms with Gasteiger partial charge in [-0.05, 0) is 49.2 Å². The number of nitrogens with one attached hydrogen (secondary N) is 1. The van der Waals surface area contributed by atoms with Crippen molar-refractivity contribution >= 4 is 11.7 Å². The third-order valence-corrected chi connectivity index (χ3v) is 4.39. The Labute approximate surface area is 169 Å². The summed E-state index contributed by atoms with van der Waals surface area (Å²) >= 11 is 0. The van der Waals surface area contributed by atoms with Crippen molar-refractivity contribution in [3.63, 3.8) is 0 Å². The van der Waals surface area contributed by atoms with E-state index in [1.54, 1.807) is 43.3 Å². The molecule has 1 heterocycles. The molecule has 1 amide bonds. The molecule has 2 N–H and O–H groups in total. The molecular formula is C23H22N2O4. The van der Waals surface area contributed by atoms with Gasteiger partial charge in [0.2, 0.25) is 5.88 Å². The predicted molar refractivity (Wildman–Crippen MR) is 109 cm³/mol. The summed E-state index contributed by atoms with van der Waals surface area (Å²) in [5.74, 6) is 0.195. The molecule has 6 heteroatoms. The van der Waals surface area contributed by atoms with Crippen LogP contribution >= 0.6 is 0 Å². The van der Waals surface area contributed by atoms with Crippen LogP contribution in [0.2, 0.25) is 0 Å². The Bertz CT molecular complexity index is 1010. The molecule has 0 aliphatic rings. The highest BCUT2D eigenvalue weighted by molar-refractivity contribution is 5.96. The van der Waals surface area contributed by atoms with Crippen LogP contribution in [-0.4, -0.2) is 21.8 Å². The van der Waals surface area contributed by atoms with E-state index < -0.39 is 6.10 Å². The first kappa shape index (κ1) is 20.2. The number of aliphatic hydroxyl groups is 1. The first-order valence-corrected chi connectivity index (χ1v) is 9.23. The van der Waals surface area contributed by atoms with Gasteiger partial charge in [0.05, 0.1) is 6.10 Å². The zero-order valence-corrected chi connectivity index (χ0v) is 16.3. The Hall–Kier alpha value is -3.51. The maximum atomic E-state index is 12.7. The number of ether oxygens (including phenoxy) is 1. The highest BCUT2D eigenvalue weighted by atomic mass is 16.5. The van der Waals surface area contributed by atoms with Gasteiger partial charge in [0.25, 0.3) is 5.91 Å². The largest absolute Gasteiger partial charge is 0.438 e. The van der Waals surface area contributed by atoms with Crippen molar-refractivity contribution in [1.82, 2.24) is 10.3 Å². The molecule has 0 saturated carbocycles. The van der Waals surface area contributed by atoms with Gasteiger partial charge >= 0.3 is 0 Å². The van der Waals surface area contributed by atoms with Crippen LogP contribution in [0.15, 0.2) is 66.9 Å². The SMILES string of the molecule is CC(=O)c1cccc(Oc2ncccc2C(=O)NCc2ccc([C@@H](C)O)cc2)c1. The number of pyridine rings is 1. The maximum absolute atomic E-state index is 12.7.